The fourth-order valence-corrected chi connectivity index (χ4v) is 1.98. The van der Waals surface area contributed by atoms with Crippen molar-refractivity contribution in [3.8, 4) is 5.75 Å². The second-order valence-electron chi connectivity index (χ2n) is 4.89. The Morgan fingerprint density at radius 3 is 2.43 bits per heavy atom. The minimum Gasteiger partial charge on any atom is -0.488 e. The number of nitrogens with one attached hydrogen (secondary N) is 1. The van der Waals surface area contributed by atoms with Crippen LogP contribution in [-0.4, -0.2) is 17.0 Å². The van der Waals surface area contributed by atoms with Crippen molar-refractivity contribution in [3.05, 3.63) is 77.5 Å². The molecule has 0 radical (unpaired) electrons. The zero-order valence-electron chi connectivity index (χ0n) is 12.7. The third-order valence-corrected chi connectivity index (χ3v) is 3.02. The minimum atomic E-state index is -1.11. The fourth-order valence-electron chi connectivity index (χ4n) is 1.98. The van der Waals surface area contributed by atoms with Crippen LogP contribution in [0.2, 0.25) is 0 Å². The lowest BCUT2D eigenvalue weighted by Gasteiger charge is -2.12. The molecule has 0 fully saturated rings. The fraction of sp³-hybridized carbons (Fsp3) is 0.111. The smallest absolute Gasteiger partial charge is 0.330 e. The Morgan fingerprint density at radius 2 is 1.74 bits per heavy atom. The van der Waals surface area contributed by atoms with Gasteiger partial charge in [-0.2, -0.15) is 0 Å². The van der Waals surface area contributed by atoms with Gasteiger partial charge in [0.05, 0.1) is 5.56 Å². The van der Waals surface area contributed by atoms with Crippen molar-refractivity contribution in [2.24, 2.45) is 0 Å². The van der Waals surface area contributed by atoms with Crippen LogP contribution < -0.4 is 10.1 Å². The van der Waals surface area contributed by atoms with E-state index in [0.29, 0.717) is 17.9 Å². The Morgan fingerprint density at radius 1 is 1.09 bits per heavy atom. The van der Waals surface area contributed by atoms with Crippen molar-refractivity contribution in [3.63, 3.8) is 0 Å². The molecule has 0 aliphatic carbocycles. The van der Waals surface area contributed by atoms with Crippen LogP contribution in [0.4, 0.5) is 0 Å². The number of para-hydroxylation sites is 1. The van der Waals surface area contributed by atoms with Gasteiger partial charge >= 0.3 is 5.97 Å². The van der Waals surface area contributed by atoms with Crippen LogP contribution >= 0.6 is 0 Å². The van der Waals surface area contributed by atoms with Crippen molar-refractivity contribution >= 4 is 11.9 Å². The van der Waals surface area contributed by atoms with Crippen molar-refractivity contribution in [2.75, 3.05) is 0 Å². The first-order valence-corrected chi connectivity index (χ1v) is 7.04. The number of aliphatic carboxylic acids is 1. The van der Waals surface area contributed by atoms with Crippen molar-refractivity contribution in [1.82, 2.24) is 5.32 Å². The summed E-state index contributed by atoms with van der Waals surface area (Å²) in [6, 6.07) is 16.4. The number of amides is 1. The molecular weight excluding hydrogens is 294 g/mol. The Kier molecular flexibility index (Phi) is 5.52. The molecule has 0 bridgehead atoms. The van der Waals surface area contributed by atoms with Gasteiger partial charge in [-0.25, -0.2) is 4.79 Å². The summed E-state index contributed by atoms with van der Waals surface area (Å²) in [5, 5.41) is 11.2. The molecule has 2 rings (SSSR count). The molecule has 0 heterocycles. The molecule has 2 aromatic rings. The average Bonchev–Trinajstić information content (AvgIpc) is 2.53. The first-order chi connectivity index (χ1) is 11.1. The molecule has 2 N–H and O–H groups in total. The van der Waals surface area contributed by atoms with Crippen LogP contribution in [0, 0.1) is 0 Å². The van der Waals surface area contributed by atoms with Crippen LogP contribution in [0.25, 0.3) is 0 Å². The van der Waals surface area contributed by atoms with E-state index < -0.39 is 11.9 Å². The van der Waals surface area contributed by atoms with E-state index in [4.69, 9.17) is 9.84 Å². The number of rotatable bonds is 6. The van der Waals surface area contributed by atoms with Gasteiger partial charge in [-0.15, -0.1) is 0 Å². The lowest BCUT2D eigenvalue weighted by atomic mass is 10.2. The third kappa shape index (κ3) is 5.00. The maximum atomic E-state index is 12.2. The summed E-state index contributed by atoms with van der Waals surface area (Å²) in [6.07, 6.45) is 0.936. The van der Waals surface area contributed by atoms with Crippen LogP contribution in [0.3, 0.4) is 0 Å². The number of carbonyl (C=O) groups excluding carboxylic acids is 1. The summed E-state index contributed by atoms with van der Waals surface area (Å²) in [4.78, 5) is 22.8. The van der Waals surface area contributed by atoms with Crippen molar-refractivity contribution < 1.29 is 19.4 Å². The maximum Gasteiger partial charge on any atom is 0.330 e. The zero-order valence-corrected chi connectivity index (χ0v) is 12.7. The molecule has 0 aliphatic rings. The van der Waals surface area contributed by atoms with Gasteiger partial charge in [0.15, 0.2) is 0 Å². The van der Waals surface area contributed by atoms with Gasteiger partial charge in [-0.05, 0) is 24.6 Å². The Labute approximate surface area is 134 Å². The molecule has 0 saturated carbocycles. The largest absolute Gasteiger partial charge is 0.488 e. The predicted molar refractivity (Wildman–Crippen MR) is 86.1 cm³/mol. The van der Waals surface area contributed by atoms with Crippen molar-refractivity contribution in [2.45, 2.75) is 13.5 Å². The highest BCUT2D eigenvalue weighted by Gasteiger charge is 2.12. The first-order valence-electron chi connectivity index (χ1n) is 7.04. The summed E-state index contributed by atoms with van der Waals surface area (Å²) in [6.45, 7) is 1.86. The summed E-state index contributed by atoms with van der Waals surface area (Å²) in [7, 11) is 0. The van der Waals surface area contributed by atoms with Crippen LogP contribution in [0.15, 0.2) is 66.4 Å². The number of carbonyl (C=O) groups is 2. The molecule has 5 heteroatoms. The SMILES string of the molecule is C/C(=C\C(=O)O)NC(=O)c1ccccc1OCc1ccccc1. The summed E-state index contributed by atoms with van der Waals surface area (Å²) in [5.74, 6) is -1.09. The second kappa shape index (κ2) is 7.79. The molecule has 2 aromatic carbocycles. The van der Waals surface area contributed by atoms with Crippen LogP contribution in [0.1, 0.15) is 22.8 Å². The van der Waals surface area contributed by atoms with Crippen LogP contribution in [0.5, 0.6) is 5.75 Å². The number of ether oxygens (including phenoxy) is 1. The van der Waals surface area contributed by atoms with Gasteiger partial charge in [-0.3, -0.25) is 4.79 Å². The molecule has 23 heavy (non-hydrogen) atoms. The van der Waals surface area contributed by atoms with Gasteiger partial charge < -0.3 is 15.2 Å². The summed E-state index contributed by atoms with van der Waals surface area (Å²) < 4.78 is 5.71. The number of carboxylic acid groups (broad SMARTS) is 1. The van der Waals surface area contributed by atoms with Gasteiger partial charge in [0.2, 0.25) is 0 Å². The molecule has 0 aliphatic heterocycles. The number of allylic oxidation sites excluding steroid dienone is 1. The molecule has 118 valence electrons. The molecule has 0 unspecified atom stereocenters. The standard InChI is InChI=1S/C18H17NO4/c1-13(11-17(20)21)19-18(22)15-9-5-6-10-16(15)23-12-14-7-3-2-4-8-14/h2-11H,12H2,1H3,(H,19,22)(H,20,21)/b13-11+. The molecule has 0 saturated heterocycles. The van der Waals surface area contributed by atoms with Gasteiger partial charge in [0.25, 0.3) is 5.91 Å². The normalized spacial score (nSPS) is 10.9. The predicted octanol–water partition coefficient (Wildman–Crippen LogP) is 2.98. The molecule has 1 amide bonds. The second-order valence-corrected chi connectivity index (χ2v) is 4.89. The van der Waals surface area contributed by atoms with E-state index in [2.05, 4.69) is 5.32 Å². The number of carboxylic acids is 1. The summed E-state index contributed by atoms with van der Waals surface area (Å²) in [5.41, 5.74) is 1.59. The Hall–Kier alpha value is -3.08. The lowest BCUT2D eigenvalue weighted by Crippen LogP contribution is -2.22. The molecule has 0 atom stereocenters. The number of hydrogen-bond acceptors (Lipinski definition) is 3. The van der Waals surface area contributed by atoms with Gasteiger partial charge in [0.1, 0.15) is 12.4 Å². The van der Waals surface area contributed by atoms with Gasteiger partial charge in [0, 0.05) is 11.8 Å². The first kappa shape index (κ1) is 16.3. The van der Waals surface area contributed by atoms with E-state index in [-0.39, 0.29) is 5.70 Å². The van der Waals surface area contributed by atoms with Crippen molar-refractivity contribution in [1.29, 1.82) is 0 Å². The van der Waals surface area contributed by atoms with E-state index in [1.54, 1.807) is 24.3 Å². The highest BCUT2D eigenvalue weighted by atomic mass is 16.5. The summed E-state index contributed by atoms with van der Waals surface area (Å²) >= 11 is 0. The van der Waals surface area contributed by atoms with E-state index in [1.165, 1.54) is 6.92 Å². The highest BCUT2D eigenvalue weighted by Crippen LogP contribution is 2.19. The molecule has 0 spiro atoms. The maximum absolute atomic E-state index is 12.2. The Balaban J connectivity index is 2.10. The van der Waals surface area contributed by atoms with Gasteiger partial charge in [-0.1, -0.05) is 42.5 Å². The minimum absolute atomic E-state index is 0.250. The number of benzene rings is 2. The molecule has 0 aromatic heterocycles. The number of hydrogen-bond donors (Lipinski definition) is 2. The van der Waals surface area contributed by atoms with E-state index in [1.807, 2.05) is 30.3 Å². The lowest BCUT2D eigenvalue weighted by molar-refractivity contribution is -0.131. The molecular formula is C18H17NO4. The zero-order chi connectivity index (χ0) is 16.7. The van der Waals surface area contributed by atoms with Crippen LogP contribution in [-0.2, 0) is 11.4 Å². The highest BCUT2D eigenvalue weighted by molar-refractivity contribution is 5.98. The van der Waals surface area contributed by atoms with E-state index in [0.717, 1.165) is 11.6 Å². The topological polar surface area (TPSA) is 75.6 Å². The monoisotopic (exact) mass is 311 g/mol. The van der Waals surface area contributed by atoms with E-state index in [9.17, 15) is 9.59 Å². The Bertz CT molecular complexity index is 723. The third-order valence-electron chi connectivity index (χ3n) is 3.02. The quantitative estimate of drug-likeness (QED) is 0.804. The van der Waals surface area contributed by atoms with E-state index >= 15 is 0 Å². The average molecular weight is 311 g/mol. The molecule has 5 nitrogen and oxygen atoms in total.